The summed E-state index contributed by atoms with van der Waals surface area (Å²) in [4.78, 5) is 23.0. The van der Waals surface area contributed by atoms with E-state index in [0.29, 0.717) is 26.0 Å². The van der Waals surface area contributed by atoms with Gasteiger partial charge in [-0.1, -0.05) is 0 Å². The molecule has 1 aromatic carbocycles. The molecule has 102 valence electrons. The van der Waals surface area contributed by atoms with Gasteiger partial charge in [0.15, 0.2) is 5.78 Å². The van der Waals surface area contributed by atoms with Crippen molar-refractivity contribution in [1.82, 2.24) is 5.32 Å². The highest BCUT2D eigenvalue weighted by atomic mass is 16.5. The van der Waals surface area contributed by atoms with E-state index in [2.05, 4.69) is 5.32 Å². The molecule has 4 nitrogen and oxygen atoms in total. The average Bonchev–Trinajstić information content (AvgIpc) is 2.39. The third-order valence-electron chi connectivity index (χ3n) is 3.20. The Labute approximate surface area is 113 Å². The molecule has 4 heteroatoms. The Hall–Kier alpha value is -1.84. The lowest BCUT2D eigenvalue weighted by Crippen LogP contribution is -2.24. The summed E-state index contributed by atoms with van der Waals surface area (Å²) < 4.78 is 5.55. The third kappa shape index (κ3) is 3.56. The fraction of sp³-hybridized carbons (Fsp3) is 0.467. The Morgan fingerprint density at radius 1 is 1.37 bits per heavy atom. The van der Waals surface area contributed by atoms with Gasteiger partial charge in [0.1, 0.15) is 5.75 Å². The quantitative estimate of drug-likeness (QED) is 0.883. The van der Waals surface area contributed by atoms with Crippen LogP contribution in [0.25, 0.3) is 0 Å². The first-order valence-corrected chi connectivity index (χ1v) is 6.76. The normalized spacial score (nSPS) is 13.8. The standard InChI is InChI=1S/C15H19NO3/c1-2-16-15(18)8-9-19-12-6-7-13-11(10-12)4-3-5-14(13)17/h6-7,10H,2-5,8-9H2,1H3,(H,16,18). The van der Waals surface area contributed by atoms with Gasteiger partial charge in [-0.25, -0.2) is 0 Å². The van der Waals surface area contributed by atoms with Crippen LogP contribution in [-0.2, 0) is 11.2 Å². The largest absolute Gasteiger partial charge is 0.493 e. The van der Waals surface area contributed by atoms with Gasteiger partial charge >= 0.3 is 0 Å². The average molecular weight is 261 g/mol. The number of hydrogen-bond acceptors (Lipinski definition) is 3. The zero-order valence-corrected chi connectivity index (χ0v) is 11.2. The molecular weight excluding hydrogens is 242 g/mol. The van der Waals surface area contributed by atoms with Crippen LogP contribution in [-0.4, -0.2) is 24.8 Å². The van der Waals surface area contributed by atoms with Crippen molar-refractivity contribution in [1.29, 1.82) is 0 Å². The molecule has 1 aliphatic rings. The molecule has 1 amide bonds. The van der Waals surface area contributed by atoms with E-state index in [1.807, 2.05) is 19.1 Å². The SMILES string of the molecule is CCNC(=O)CCOc1ccc2c(c1)CCCC2=O. The fourth-order valence-electron chi connectivity index (χ4n) is 2.26. The molecule has 19 heavy (non-hydrogen) atoms. The zero-order valence-electron chi connectivity index (χ0n) is 11.2. The van der Waals surface area contributed by atoms with Crippen molar-refractivity contribution < 1.29 is 14.3 Å². The topological polar surface area (TPSA) is 55.4 Å². The second-order valence-electron chi connectivity index (χ2n) is 4.65. The minimum absolute atomic E-state index is 0.00404. The second kappa shape index (κ2) is 6.36. The van der Waals surface area contributed by atoms with Crippen molar-refractivity contribution in [2.45, 2.75) is 32.6 Å². The molecule has 0 saturated heterocycles. The van der Waals surface area contributed by atoms with E-state index < -0.39 is 0 Å². The van der Waals surface area contributed by atoms with E-state index in [0.717, 1.165) is 29.7 Å². The Morgan fingerprint density at radius 3 is 3.00 bits per heavy atom. The number of ketones is 1. The van der Waals surface area contributed by atoms with E-state index in [4.69, 9.17) is 4.74 Å². The summed E-state index contributed by atoms with van der Waals surface area (Å²) >= 11 is 0. The van der Waals surface area contributed by atoms with Gasteiger partial charge < -0.3 is 10.1 Å². The number of hydrogen-bond donors (Lipinski definition) is 1. The van der Waals surface area contributed by atoms with Crippen molar-refractivity contribution in [3.63, 3.8) is 0 Å². The van der Waals surface area contributed by atoms with Gasteiger partial charge in [-0.05, 0) is 43.5 Å². The number of carbonyl (C=O) groups excluding carboxylic acids is 2. The molecule has 0 spiro atoms. The molecule has 0 unspecified atom stereocenters. The number of aryl methyl sites for hydroxylation is 1. The van der Waals surface area contributed by atoms with Crippen molar-refractivity contribution in [3.05, 3.63) is 29.3 Å². The first kappa shape index (κ1) is 13.6. The number of amides is 1. The number of benzene rings is 1. The lowest BCUT2D eigenvalue weighted by Gasteiger charge is -2.15. The van der Waals surface area contributed by atoms with Crippen LogP contribution >= 0.6 is 0 Å². The summed E-state index contributed by atoms with van der Waals surface area (Å²) in [7, 11) is 0. The molecule has 1 aromatic rings. The van der Waals surface area contributed by atoms with Gasteiger partial charge in [0, 0.05) is 18.5 Å². The summed E-state index contributed by atoms with van der Waals surface area (Å²) in [5.74, 6) is 0.948. The summed E-state index contributed by atoms with van der Waals surface area (Å²) in [6.07, 6.45) is 2.83. The lowest BCUT2D eigenvalue weighted by molar-refractivity contribution is -0.121. The summed E-state index contributed by atoms with van der Waals surface area (Å²) in [6.45, 7) is 2.89. The highest BCUT2D eigenvalue weighted by Gasteiger charge is 2.17. The van der Waals surface area contributed by atoms with Crippen LogP contribution in [0.3, 0.4) is 0 Å². The molecule has 0 bridgehead atoms. The highest BCUT2D eigenvalue weighted by Crippen LogP contribution is 2.25. The van der Waals surface area contributed by atoms with Crippen molar-refractivity contribution >= 4 is 11.7 Å². The smallest absolute Gasteiger partial charge is 0.223 e. The van der Waals surface area contributed by atoms with Crippen LogP contribution in [0.1, 0.15) is 42.1 Å². The molecule has 0 radical (unpaired) electrons. The second-order valence-corrected chi connectivity index (χ2v) is 4.65. The van der Waals surface area contributed by atoms with Crippen LogP contribution < -0.4 is 10.1 Å². The van der Waals surface area contributed by atoms with Crippen LogP contribution in [0.4, 0.5) is 0 Å². The van der Waals surface area contributed by atoms with E-state index in [9.17, 15) is 9.59 Å². The molecule has 1 N–H and O–H groups in total. The lowest BCUT2D eigenvalue weighted by atomic mass is 9.90. The van der Waals surface area contributed by atoms with Crippen molar-refractivity contribution in [3.8, 4) is 5.75 Å². The van der Waals surface area contributed by atoms with Crippen LogP contribution in [0.2, 0.25) is 0 Å². The predicted molar refractivity (Wildman–Crippen MR) is 72.5 cm³/mol. The Kier molecular flexibility index (Phi) is 4.55. The van der Waals surface area contributed by atoms with Gasteiger partial charge in [-0.3, -0.25) is 9.59 Å². The number of rotatable bonds is 5. The molecule has 0 aliphatic heterocycles. The van der Waals surface area contributed by atoms with E-state index >= 15 is 0 Å². The first-order chi connectivity index (χ1) is 9.20. The molecule has 0 aromatic heterocycles. The Morgan fingerprint density at radius 2 is 2.21 bits per heavy atom. The van der Waals surface area contributed by atoms with Gasteiger partial charge in [0.25, 0.3) is 0 Å². The van der Waals surface area contributed by atoms with Crippen molar-refractivity contribution in [2.75, 3.05) is 13.2 Å². The first-order valence-electron chi connectivity index (χ1n) is 6.76. The van der Waals surface area contributed by atoms with Crippen LogP contribution in [0.15, 0.2) is 18.2 Å². The number of fused-ring (bicyclic) bond motifs is 1. The molecule has 0 fully saturated rings. The highest BCUT2D eigenvalue weighted by molar-refractivity contribution is 5.98. The minimum Gasteiger partial charge on any atom is -0.493 e. The number of nitrogens with one attached hydrogen (secondary N) is 1. The van der Waals surface area contributed by atoms with E-state index in [-0.39, 0.29) is 11.7 Å². The maximum Gasteiger partial charge on any atom is 0.223 e. The molecule has 2 rings (SSSR count). The maximum atomic E-state index is 11.7. The summed E-state index contributed by atoms with van der Waals surface area (Å²) in [5.41, 5.74) is 1.88. The van der Waals surface area contributed by atoms with Crippen LogP contribution in [0.5, 0.6) is 5.75 Å². The molecule has 0 heterocycles. The fourth-order valence-corrected chi connectivity index (χ4v) is 2.26. The van der Waals surface area contributed by atoms with Crippen LogP contribution in [0, 0.1) is 0 Å². The third-order valence-corrected chi connectivity index (χ3v) is 3.20. The number of ether oxygens (including phenoxy) is 1. The minimum atomic E-state index is -0.00404. The molecular formula is C15H19NO3. The Balaban J connectivity index is 1.91. The Bertz CT molecular complexity index is 482. The summed E-state index contributed by atoms with van der Waals surface area (Å²) in [5, 5.41) is 2.72. The number of Topliss-reactive ketones (excluding diaryl/α,β-unsaturated/α-hetero) is 1. The predicted octanol–water partition coefficient (Wildman–Crippen LogP) is 2.11. The molecule has 1 aliphatic carbocycles. The van der Waals surface area contributed by atoms with Gasteiger partial charge in [-0.2, -0.15) is 0 Å². The van der Waals surface area contributed by atoms with E-state index in [1.54, 1.807) is 6.07 Å². The monoisotopic (exact) mass is 261 g/mol. The number of carbonyl (C=O) groups is 2. The summed E-state index contributed by atoms with van der Waals surface area (Å²) in [6, 6.07) is 5.56. The maximum absolute atomic E-state index is 11.7. The van der Waals surface area contributed by atoms with Gasteiger partial charge in [-0.15, -0.1) is 0 Å². The van der Waals surface area contributed by atoms with E-state index in [1.165, 1.54) is 0 Å². The van der Waals surface area contributed by atoms with Gasteiger partial charge in [0.05, 0.1) is 13.0 Å². The molecule has 0 saturated carbocycles. The van der Waals surface area contributed by atoms with Crippen molar-refractivity contribution in [2.24, 2.45) is 0 Å². The molecule has 0 atom stereocenters. The zero-order chi connectivity index (χ0) is 13.7. The van der Waals surface area contributed by atoms with Gasteiger partial charge in [0.2, 0.25) is 5.91 Å².